The van der Waals surface area contributed by atoms with E-state index in [0.29, 0.717) is 29.1 Å². The first-order valence-electron chi connectivity index (χ1n) is 11.6. The number of imide groups is 1. The third-order valence-corrected chi connectivity index (χ3v) is 6.86. The fraction of sp³-hybridized carbons (Fsp3) is 0.269. The molecule has 0 spiro atoms. The van der Waals surface area contributed by atoms with Gasteiger partial charge in [0.05, 0.1) is 29.3 Å². The molecule has 1 atom stereocenters. The molecular formula is C26H24N6O3. The maximum absolute atomic E-state index is 13.2. The Kier molecular flexibility index (Phi) is 4.64. The van der Waals surface area contributed by atoms with Crippen molar-refractivity contribution in [3.63, 3.8) is 0 Å². The lowest BCUT2D eigenvalue weighted by atomic mass is 10.0. The van der Waals surface area contributed by atoms with Gasteiger partial charge in [-0.2, -0.15) is 0 Å². The molecule has 4 aromatic heterocycles. The molecule has 0 unspecified atom stereocenters. The van der Waals surface area contributed by atoms with Crippen LogP contribution in [0.3, 0.4) is 0 Å². The molecule has 2 amide bonds. The highest BCUT2D eigenvalue weighted by Crippen LogP contribution is 2.36. The second-order valence-electron chi connectivity index (χ2n) is 9.27. The molecule has 5 aromatic rings. The summed E-state index contributed by atoms with van der Waals surface area (Å²) < 4.78 is 9.29. The summed E-state index contributed by atoms with van der Waals surface area (Å²) in [5, 5.41) is 5.57. The zero-order valence-corrected chi connectivity index (χ0v) is 19.9. The molecule has 1 aliphatic heterocycles. The second-order valence-corrected chi connectivity index (χ2v) is 9.27. The Morgan fingerprint density at radius 3 is 2.31 bits per heavy atom. The molecule has 176 valence electrons. The Bertz CT molecular complexity index is 1590. The minimum atomic E-state index is -0.607. The summed E-state index contributed by atoms with van der Waals surface area (Å²) in [7, 11) is 0. The summed E-state index contributed by atoms with van der Waals surface area (Å²) in [4.78, 5) is 37.3. The van der Waals surface area contributed by atoms with Gasteiger partial charge in [0.15, 0.2) is 11.5 Å². The van der Waals surface area contributed by atoms with Crippen LogP contribution in [0, 0.1) is 19.8 Å². The van der Waals surface area contributed by atoms with E-state index < -0.39 is 6.04 Å². The number of hydrogen-bond acceptors (Lipinski definition) is 6. The summed E-state index contributed by atoms with van der Waals surface area (Å²) in [6.45, 7) is 8.56. The predicted molar refractivity (Wildman–Crippen MR) is 128 cm³/mol. The van der Waals surface area contributed by atoms with Gasteiger partial charge in [-0.25, -0.2) is 14.5 Å². The largest absolute Gasteiger partial charge is 0.467 e. The van der Waals surface area contributed by atoms with Gasteiger partial charge >= 0.3 is 0 Å². The molecule has 9 nitrogen and oxygen atoms in total. The smallest absolute Gasteiger partial charge is 0.262 e. The molecule has 0 aliphatic carbocycles. The first kappa shape index (κ1) is 21.3. The highest BCUT2D eigenvalue weighted by molar-refractivity contribution is 6.21. The van der Waals surface area contributed by atoms with Crippen molar-refractivity contribution in [1.82, 2.24) is 29.0 Å². The SMILES string of the molecule is Cc1c(C)n(Cc2ccco2)c2ncn3nc([C@@H](C(C)C)N4C(=O)c5ccccc5C4=O)nc3c12. The number of furan rings is 1. The van der Waals surface area contributed by atoms with Gasteiger partial charge in [0.2, 0.25) is 0 Å². The van der Waals surface area contributed by atoms with Gasteiger partial charge in [0.25, 0.3) is 11.8 Å². The van der Waals surface area contributed by atoms with E-state index in [1.807, 2.05) is 39.8 Å². The maximum Gasteiger partial charge on any atom is 0.262 e. The lowest BCUT2D eigenvalue weighted by Gasteiger charge is -2.26. The van der Waals surface area contributed by atoms with Crippen LogP contribution in [-0.2, 0) is 6.54 Å². The molecule has 0 bridgehead atoms. The van der Waals surface area contributed by atoms with Crippen LogP contribution in [0.15, 0.2) is 53.4 Å². The van der Waals surface area contributed by atoms with Crippen molar-refractivity contribution >= 4 is 28.5 Å². The number of amides is 2. The van der Waals surface area contributed by atoms with Crippen molar-refractivity contribution in [1.29, 1.82) is 0 Å². The van der Waals surface area contributed by atoms with Gasteiger partial charge in [-0.05, 0) is 49.6 Å². The molecule has 9 heteroatoms. The highest BCUT2D eigenvalue weighted by atomic mass is 16.3. The molecule has 0 fully saturated rings. The van der Waals surface area contributed by atoms with Crippen LogP contribution in [0.5, 0.6) is 0 Å². The molecule has 6 rings (SSSR count). The van der Waals surface area contributed by atoms with Gasteiger partial charge < -0.3 is 8.98 Å². The fourth-order valence-corrected chi connectivity index (χ4v) is 5.00. The zero-order chi connectivity index (χ0) is 24.4. The molecule has 1 aromatic carbocycles. The molecule has 0 radical (unpaired) electrons. The van der Waals surface area contributed by atoms with Crippen molar-refractivity contribution in [2.75, 3.05) is 0 Å². The van der Waals surface area contributed by atoms with Gasteiger partial charge in [-0.1, -0.05) is 26.0 Å². The van der Waals surface area contributed by atoms with Crippen molar-refractivity contribution in [3.05, 3.63) is 83.0 Å². The lowest BCUT2D eigenvalue weighted by molar-refractivity contribution is 0.0529. The number of carbonyl (C=O) groups excluding carboxylic acids is 2. The number of fused-ring (bicyclic) bond motifs is 4. The predicted octanol–water partition coefficient (Wildman–Crippen LogP) is 4.33. The van der Waals surface area contributed by atoms with Gasteiger partial charge in [-0.3, -0.25) is 14.5 Å². The van der Waals surface area contributed by atoms with Crippen LogP contribution in [0.1, 0.15) is 63.4 Å². The Labute approximate surface area is 201 Å². The number of aromatic nitrogens is 5. The summed E-state index contributed by atoms with van der Waals surface area (Å²) in [5.74, 6) is 0.523. The van der Waals surface area contributed by atoms with E-state index >= 15 is 0 Å². The summed E-state index contributed by atoms with van der Waals surface area (Å²) >= 11 is 0. The Morgan fingerprint density at radius 1 is 0.971 bits per heavy atom. The molecule has 35 heavy (non-hydrogen) atoms. The molecule has 0 saturated heterocycles. The minimum absolute atomic E-state index is 0.0931. The van der Waals surface area contributed by atoms with Crippen LogP contribution in [0.25, 0.3) is 16.7 Å². The highest BCUT2D eigenvalue weighted by Gasteiger charge is 2.43. The zero-order valence-electron chi connectivity index (χ0n) is 19.9. The van der Waals surface area contributed by atoms with E-state index in [4.69, 9.17) is 9.40 Å². The fourth-order valence-electron chi connectivity index (χ4n) is 5.00. The minimum Gasteiger partial charge on any atom is -0.467 e. The van der Waals surface area contributed by atoms with Crippen molar-refractivity contribution in [2.45, 2.75) is 40.3 Å². The maximum atomic E-state index is 13.2. The van der Waals surface area contributed by atoms with Gasteiger partial charge in [0.1, 0.15) is 23.8 Å². The van der Waals surface area contributed by atoms with Crippen LogP contribution in [0.4, 0.5) is 0 Å². The van der Waals surface area contributed by atoms with Crippen LogP contribution < -0.4 is 0 Å². The number of rotatable bonds is 5. The van der Waals surface area contributed by atoms with E-state index in [0.717, 1.165) is 28.1 Å². The normalized spacial score (nSPS) is 14.6. The third-order valence-electron chi connectivity index (χ3n) is 6.86. The second kappa shape index (κ2) is 7.63. The van der Waals surface area contributed by atoms with E-state index in [1.54, 1.807) is 41.4 Å². The summed E-state index contributed by atoms with van der Waals surface area (Å²) in [6.07, 6.45) is 3.29. The van der Waals surface area contributed by atoms with E-state index in [2.05, 4.69) is 14.6 Å². The number of nitrogens with zero attached hydrogens (tertiary/aromatic N) is 6. The van der Waals surface area contributed by atoms with Crippen molar-refractivity contribution < 1.29 is 14.0 Å². The van der Waals surface area contributed by atoms with Crippen LogP contribution in [-0.4, -0.2) is 40.9 Å². The molecule has 5 heterocycles. The average molecular weight is 469 g/mol. The van der Waals surface area contributed by atoms with Gasteiger partial charge in [-0.15, -0.1) is 5.10 Å². The van der Waals surface area contributed by atoms with Crippen LogP contribution >= 0.6 is 0 Å². The Hall–Kier alpha value is -4.27. The molecule has 0 N–H and O–H groups in total. The topological polar surface area (TPSA) is 98.5 Å². The Balaban J connectivity index is 1.49. The number of aryl methyl sites for hydroxylation is 1. The van der Waals surface area contributed by atoms with Crippen LogP contribution in [0.2, 0.25) is 0 Å². The standard InChI is InChI=1S/C26H24N6O3/c1-14(2)21(32-25(33)18-9-5-6-10-19(18)26(32)34)22-28-24-20-15(3)16(4)30(12-17-8-7-11-35-17)23(20)27-13-31(24)29-22/h5-11,13-14,21H,12H2,1-4H3/t21-/m1/s1. The number of carbonyl (C=O) groups is 2. The average Bonchev–Trinajstić information content (AvgIpc) is 3.61. The van der Waals surface area contributed by atoms with Gasteiger partial charge in [0, 0.05) is 5.69 Å². The molecule has 0 saturated carbocycles. The quantitative estimate of drug-likeness (QED) is 0.356. The first-order chi connectivity index (χ1) is 16.9. The van der Waals surface area contributed by atoms with E-state index in [9.17, 15) is 9.59 Å². The third kappa shape index (κ3) is 3.04. The molecular weight excluding hydrogens is 444 g/mol. The van der Waals surface area contributed by atoms with Crippen molar-refractivity contribution in [3.8, 4) is 0 Å². The monoisotopic (exact) mass is 468 g/mol. The summed E-state index contributed by atoms with van der Waals surface area (Å²) in [6, 6.07) is 10.1. The van der Waals surface area contributed by atoms with Crippen molar-refractivity contribution in [2.24, 2.45) is 5.92 Å². The molecule has 1 aliphatic rings. The number of benzene rings is 1. The lowest BCUT2D eigenvalue weighted by Crippen LogP contribution is -2.37. The van der Waals surface area contributed by atoms with E-state index in [1.165, 1.54) is 4.90 Å². The van der Waals surface area contributed by atoms with E-state index in [-0.39, 0.29) is 17.7 Å². The Morgan fingerprint density at radius 2 is 1.69 bits per heavy atom. The first-order valence-corrected chi connectivity index (χ1v) is 11.6. The summed E-state index contributed by atoms with van der Waals surface area (Å²) in [5.41, 5.74) is 4.36. The number of hydrogen-bond donors (Lipinski definition) is 0.